The minimum absolute atomic E-state index is 0.00185. The second kappa shape index (κ2) is 7.10. The molecule has 0 aliphatic carbocycles. The summed E-state index contributed by atoms with van der Waals surface area (Å²) >= 11 is 0. The zero-order valence-corrected chi connectivity index (χ0v) is 13.2. The van der Waals surface area contributed by atoms with Crippen LogP contribution in [-0.2, 0) is 21.2 Å². The Morgan fingerprint density at radius 1 is 1.22 bits per heavy atom. The van der Waals surface area contributed by atoms with Gasteiger partial charge in [0.25, 0.3) is 10.0 Å². The fourth-order valence-electron chi connectivity index (χ4n) is 1.86. The second-order valence-corrected chi connectivity index (χ2v) is 6.41. The molecule has 7 nitrogen and oxygen atoms in total. The maximum Gasteiger partial charge on any atom is 0.303 e. The van der Waals surface area contributed by atoms with E-state index in [1.165, 1.54) is 25.4 Å². The van der Waals surface area contributed by atoms with Crippen LogP contribution < -0.4 is 9.46 Å². The fraction of sp³-hybridized carbons (Fsp3) is 0.200. The van der Waals surface area contributed by atoms with Crippen molar-refractivity contribution in [3.05, 3.63) is 48.2 Å². The molecule has 23 heavy (non-hydrogen) atoms. The van der Waals surface area contributed by atoms with Crippen LogP contribution in [-0.4, -0.2) is 31.6 Å². The smallest absolute Gasteiger partial charge is 0.303 e. The van der Waals surface area contributed by atoms with E-state index in [4.69, 9.17) is 9.84 Å². The first kappa shape index (κ1) is 16.8. The molecule has 0 aliphatic rings. The van der Waals surface area contributed by atoms with Crippen LogP contribution in [0.3, 0.4) is 0 Å². The van der Waals surface area contributed by atoms with Crippen molar-refractivity contribution in [2.24, 2.45) is 0 Å². The number of aryl methyl sites for hydroxylation is 1. The number of aliphatic carboxylic acids is 1. The molecule has 122 valence electrons. The Labute approximate surface area is 134 Å². The van der Waals surface area contributed by atoms with E-state index in [1.807, 2.05) is 0 Å². The summed E-state index contributed by atoms with van der Waals surface area (Å²) in [5.74, 6) is -0.508. The van der Waals surface area contributed by atoms with Crippen molar-refractivity contribution in [2.45, 2.75) is 17.7 Å². The highest BCUT2D eigenvalue weighted by Gasteiger charge is 2.14. The number of methoxy groups -OCH3 is 1. The lowest BCUT2D eigenvalue weighted by Gasteiger charge is -2.09. The number of benzene rings is 1. The summed E-state index contributed by atoms with van der Waals surface area (Å²) in [6.07, 6.45) is 1.71. The van der Waals surface area contributed by atoms with Gasteiger partial charge in [-0.1, -0.05) is 12.1 Å². The molecule has 0 aliphatic heterocycles. The van der Waals surface area contributed by atoms with E-state index < -0.39 is 16.0 Å². The number of hydrogen-bond acceptors (Lipinski definition) is 5. The van der Waals surface area contributed by atoms with Crippen molar-refractivity contribution in [3.8, 4) is 5.88 Å². The van der Waals surface area contributed by atoms with E-state index in [1.54, 1.807) is 24.3 Å². The average Bonchev–Trinajstić information content (AvgIpc) is 2.53. The van der Waals surface area contributed by atoms with Gasteiger partial charge >= 0.3 is 5.97 Å². The van der Waals surface area contributed by atoms with Gasteiger partial charge in [-0.05, 0) is 30.2 Å². The highest BCUT2D eigenvalue weighted by molar-refractivity contribution is 7.92. The Balaban J connectivity index is 2.10. The summed E-state index contributed by atoms with van der Waals surface area (Å²) in [6.45, 7) is 0. The summed E-state index contributed by atoms with van der Waals surface area (Å²) in [7, 11) is -2.26. The Kier molecular flexibility index (Phi) is 5.17. The molecule has 1 aromatic carbocycles. The molecule has 1 aromatic heterocycles. The zero-order chi connectivity index (χ0) is 16.9. The van der Waals surface area contributed by atoms with Gasteiger partial charge in [-0.2, -0.15) is 0 Å². The lowest BCUT2D eigenvalue weighted by molar-refractivity contribution is -0.136. The van der Waals surface area contributed by atoms with Crippen molar-refractivity contribution in [1.82, 2.24) is 4.98 Å². The molecule has 0 bridgehead atoms. The Morgan fingerprint density at radius 2 is 1.91 bits per heavy atom. The van der Waals surface area contributed by atoms with E-state index in [9.17, 15) is 13.2 Å². The van der Waals surface area contributed by atoms with E-state index in [2.05, 4.69) is 9.71 Å². The number of sulfonamides is 1. The number of aromatic nitrogens is 1. The summed E-state index contributed by atoms with van der Waals surface area (Å²) in [4.78, 5) is 14.5. The van der Waals surface area contributed by atoms with Crippen molar-refractivity contribution in [1.29, 1.82) is 0 Å². The quantitative estimate of drug-likeness (QED) is 0.800. The molecule has 0 spiro atoms. The number of ether oxygens (including phenoxy) is 1. The van der Waals surface area contributed by atoms with Gasteiger partial charge in [0.1, 0.15) is 0 Å². The highest BCUT2D eigenvalue weighted by atomic mass is 32.2. The van der Waals surface area contributed by atoms with Crippen LogP contribution in [0.1, 0.15) is 12.0 Å². The molecule has 0 fully saturated rings. The molecular formula is C15H16N2O5S. The summed E-state index contributed by atoms with van der Waals surface area (Å²) in [6, 6.07) is 9.18. The minimum Gasteiger partial charge on any atom is -0.481 e. The maximum atomic E-state index is 12.3. The molecule has 2 aromatic rings. The first-order chi connectivity index (χ1) is 10.9. The third-order valence-electron chi connectivity index (χ3n) is 3.06. The number of pyridine rings is 1. The van der Waals surface area contributed by atoms with Gasteiger partial charge in [-0.15, -0.1) is 0 Å². The van der Waals surface area contributed by atoms with Crippen LogP contribution in [0.25, 0.3) is 0 Å². The first-order valence-corrected chi connectivity index (χ1v) is 8.22. The summed E-state index contributed by atoms with van der Waals surface area (Å²) in [5, 5.41) is 8.64. The van der Waals surface area contributed by atoms with Gasteiger partial charge in [-0.3, -0.25) is 9.52 Å². The largest absolute Gasteiger partial charge is 0.481 e. The lowest BCUT2D eigenvalue weighted by atomic mass is 10.1. The molecule has 2 rings (SSSR count). The number of rotatable bonds is 7. The van der Waals surface area contributed by atoms with Crippen molar-refractivity contribution >= 4 is 21.7 Å². The Hall–Kier alpha value is -2.61. The topological polar surface area (TPSA) is 106 Å². The van der Waals surface area contributed by atoms with Crippen molar-refractivity contribution in [3.63, 3.8) is 0 Å². The van der Waals surface area contributed by atoms with Gasteiger partial charge in [0.15, 0.2) is 0 Å². The van der Waals surface area contributed by atoms with Gasteiger partial charge in [0.05, 0.1) is 23.9 Å². The maximum absolute atomic E-state index is 12.3. The van der Waals surface area contributed by atoms with E-state index in [0.29, 0.717) is 18.0 Å². The molecular weight excluding hydrogens is 320 g/mol. The van der Waals surface area contributed by atoms with Crippen molar-refractivity contribution < 1.29 is 23.1 Å². The number of anilines is 1. The predicted molar refractivity (Wildman–Crippen MR) is 84.0 cm³/mol. The second-order valence-electron chi connectivity index (χ2n) is 4.73. The van der Waals surface area contributed by atoms with Crippen LogP contribution in [0.15, 0.2) is 47.5 Å². The number of carboxylic acids is 1. The van der Waals surface area contributed by atoms with Crippen LogP contribution in [0.2, 0.25) is 0 Å². The fourth-order valence-corrected chi connectivity index (χ4v) is 2.91. The van der Waals surface area contributed by atoms with Gasteiger partial charge in [-0.25, -0.2) is 13.4 Å². The first-order valence-electron chi connectivity index (χ1n) is 6.74. The monoisotopic (exact) mass is 336 g/mol. The Morgan fingerprint density at radius 3 is 2.43 bits per heavy atom. The van der Waals surface area contributed by atoms with E-state index in [0.717, 1.165) is 5.56 Å². The summed E-state index contributed by atoms with van der Waals surface area (Å²) in [5.41, 5.74) is 1.08. The predicted octanol–water partition coefficient (Wildman–Crippen LogP) is 1.91. The molecule has 8 heteroatoms. The van der Waals surface area contributed by atoms with E-state index in [-0.39, 0.29) is 11.3 Å². The van der Waals surface area contributed by atoms with Gasteiger partial charge in [0.2, 0.25) is 5.88 Å². The molecule has 0 saturated carbocycles. The van der Waals surface area contributed by atoms with Crippen molar-refractivity contribution in [2.75, 3.05) is 11.8 Å². The number of nitrogens with zero attached hydrogens (tertiary/aromatic N) is 1. The third kappa shape index (κ3) is 4.68. The standard InChI is InChI=1S/C15H16N2O5S/c1-22-14-8-5-12(10-16-14)17-23(20,21)13-6-2-11(3-7-13)4-9-15(18)19/h2-3,5-8,10,17H,4,9H2,1H3,(H,18,19). The van der Waals surface area contributed by atoms with Crippen LogP contribution in [0, 0.1) is 0 Å². The number of carbonyl (C=O) groups is 1. The third-order valence-corrected chi connectivity index (χ3v) is 4.46. The molecule has 0 atom stereocenters. The molecule has 0 amide bonds. The van der Waals surface area contributed by atoms with Crippen LogP contribution >= 0.6 is 0 Å². The zero-order valence-electron chi connectivity index (χ0n) is 12.4. The molecule has 0 unspecified atom stereocenters. The Bertz CT molecular complexity index is 771. The minimum atomic E-state index is -3.73. The van der Waals surface area contributed by atoms with Gasteiger partial charge < -0.3 is 9.84 Å². The van der Waals surface area contributed by atoms with E-state index >= 15 is 0 Å². The molecule has 0 saturated heterocycles. The molecule has 1 heterocycles. The average molecular weight is 336 g/mol. The SMILES string of the molecule is COc1ccc(NS(=O)(=O)c2ccc(CCC(=O)O)cc2)cn1. The lowest BCUT2D eigenvalue weighted by Crippen LogP contribution is -2.13. The van der Waals surface area contributed by atoms with Crippen LogP contribution in [0.4, 0.5) is 5.69 Å². The number of hydrogen-bond donors (Lipinski definition) is 2. The van der Waals surface area contributed by atoms with Crippen LogP contribution in [0.5, 0.6) is 5.88 Å². The number of nitrogens with one attached hydrogen (secondary N) is 1. The molecule has 0 radical (unpaired) electrons. The summed E-state index contributed by atoms with van der Waals surface area (Å²) < 4.78 is 31.9. The number of carboxylic acid groups (broad SMARTS) is 1. The normalized spacial score (nSPS) is 11.0. The highest BCUT2D eigenvalue weighted by Crippen LogP contribution is 2.18. The molecule has 2 N–H and O–H groups in total. The van der Waals surface area contributed by atoms with Gasteiger partial charge in [0, 0.05) is 12.5 Å².